The van der Waals surface area contributed by atoms with Gasteiger partial charge < -0.3 is 0 Å². The van der Waals surface area contributed by atoms with Gasteiger partial charge in [0.15, 0.2) is 0 Å². The van der Waals surface area contributed by atoms with Gasteiger partial charge in [0, 0.05) is 0 Å². The Morgan fingerprint density at radius 2 is 1.80 bits per heavy atom. The summed E-state index contributed by atoms with van der Waals surface area (Å²) in [5.41, 5.74) is 2.76. The van der Waals surface area contributed by atoms with Crippen LogP contribution in [0.2, 0.25) is 0 Å². The highest BCUT2D eigenvalue weighted by Gasteiger charge is 2.15. The van der Waals surface area contributed by atoms with E-state index in [1.807, 2.05) is 0 Å². The third-order valence-corrected chi connectivity index (χ3v) is 2.23. The van der Waals surface area contributed by atoms with E-state index in [0.717, 1.165) is 12.3 Å². The quantitative estimate of drug-likeness (QED) is 0.485. The summed E-state index contributed by atoms with van der Waals surface area (Å²) in [7, 11) is 0. The van der Waals surface area contributed by atoms with E-state index < -0.39 is 0 Å². The second kappa shape index (κ2) is 3.05. The van der Waals surface area contributed by atoms with Crippen molar-refractivity contribution in [2.24, 2.45) is 5.92 Å². The number of hydrogen-bond donors (Lipinski definition) is 0. The minimum Gasteiger partial charge on any atom is -0.0995 e. The van der Waals surface area contributed by atoms with Gasteiger partial charge in [-0.25, -0.2) is 0 Å². The molecule has 1 aliphatic rings. The minimum absolute atomic E-state index is 0.841. The maximum atomic E-state index is 4.00. The topological polar surface area (TPSA) is 0 Å². The second-order valence-electron chi connectivity index (χ2n) is 3.36. The molecule has 0 aromatic heterocycles. The van der Waals surface area contributed by atoms with Crippen LogP contribution in [0.15, 0.2) is 24.3 Å². The Morgan fingerprint density at radius 1 is 1.30 bits per heavy atom. The highest BCUT2D eigenvalue weighted by atomic mass is 14.2. The van der Waals surface area contributed by atoms with Crippen LogP contribution in [0.1, 0.15) is 32.6 Å². The largest absolute Gasteiger partial charge is 0.0995 e. The lowest BCUT2D eigenvalue weighted by molar-refractivity contribution is 0.466. The summed E-state index contributed by atoms with van der Waals surface area (Å²) in [5, 5.41) is 0. The second-order valence-corrected chi connectivity index (χ2v) is 3.36. The molecule has 0 unspecified atom stereocenters. The summed E-state index contributed by atoms with van der Waals surface area (Å²) >= 11 is 0. The molecule has 1 aliphatic carbocycles. The van der Waals surface area contributed by atoms with Gasteiger partial charge >= 0.3 is 0 Å². The van der Waals surface area contributed by atoms with Gasteiger partial charge in [-0.1, -0.05) is 37.6 Å². The molecule has 0 heterocycles. The normalized spacial score (nSPS) is 21.7. The molecular formula is C10H16. The van der Waals surface area contributed by atoms with Crippen LogP contribution in [0.25, 0.3) is 0 Å². The highest BCUT2D eigenvalue weighted by molar-refractivity contribution is 5.15. The Morgan fingerprint density at radius 3 is 2.20 bits per heavy atom. The zero-order valence-corrected chi connectivity index (χ0v) is 6.82. The molecular weight excluding hydrogens is 120 g/mol. The Bertz CT molecular complexity index is 137. The molecule has 0 amide bonds. The van der Waals surface area contributed by atoms with E-state index in [9.17, 15) is 0 Å². The highest BCUT2D eigenvalue weighted by Crippen LogP contribution is 2.31. The van der Waals surface area contributed by atoms with Crippen LogP contribution in [0, 0.1) is 5.92 Å². The molecule has 56 valence electrons. The molecule has 0 bridgehead atoms. The summed E-state index contributed by atoms with van der Waals surface area (Å²) in [4.78, 5) is 0. The van der Waals surface area contributed by atoms with E-state index in [-0.39, 0.29) is 0 Å². The first-order valence-corrected chi connectivity index (χ1v) is 4.05. The van der Waals surface area contributed by atoms with Crippen LogP contribution in [0.5, 0.6) is 0 Å². The monoisotopic (exact) mass is 136 g/mol. The van der Waals surface area contributed by atoms with Gasteiger partial charge in [-0.3, -0.25) is 0 Å². The van der Waals surface area contributed by atoms with Crippen molar-refractivity contribution in [2.45, 2.75) is 32.6 Å². The molecule has 1 rings (SSSR count). The van der Waals surface area contributed by atoms with Crippen LogP contribution in [0.3, 0.4) is 0 Å². The average Bonchev–Trinajstić information content (AvgIpc) is 1.85. The number of rotatable bonds is 1. The molecule has 10 heavy (non-hydrogen) atoms. The van der Waals surface area contributed by atoms with Crippen molar-refractivity contribution in [1.29, 1.82) is 0 Å². The van der Waals surface area contributed by atoms with Crippen molar-refractivity contribution in [1.82, 2.24) is 0 Å². The number of allylic oxidation sites excluding steroid dienone is 2. The average molecular weight is 136 g/mol. The number of hydrogen-bond acceptors (Lipinski definition) is 0. The molecule has 0 aromatic carbocycles. The predicted molar refractivity (Wildman–Crippen MR) is 45.9 cm³/mol. The van der Waals surface area contributed by atoms with E-state index in [1.165, 1.54) is 30.4 Å². The van der Waals surface area contributed by atoms with E-state index in [2.05, 4.69) is 20.1 Å². The lowest BCUT2D eigenvalue weighted by Gasteiger charge is -2.23. The van der Waals surface area contributed by atoms with Crippen molar-refractivity contribution in [3.8, 4) is 0 Å². The van der Waals surface area contributed by atoms with Gasteiger partial charge in [0.2, 0.25) is 0 Å². The van der Waals surface area contributed by atoms with Crippen LogP contribution in [-0.2, 0) is 0 Å². The van der Waals surface area contributed by atoms with Gasteiger partial charge in [-0.15, -0.1) is 0 Å². The molecule has 0 nitrogen and oxygen atoms in total. The van der Waals surface area contributed by atoms with Crippen molar-refractivity contribution >= 4 is 0 Å². The first-order chi connectivity index (χ1) is 4.72. The molecule has 1 fully saturated rings. The van der Waals surface area contributed by atoms with Crippen molar-refractivity contribution in [2.75, 3.05) is 0 Å². The molecule has 0 saturated heterocycles. The standard InChI is InChI=1S/C10H16/c1-4-10-6-8(2)5-9(3)7-10/h10H,2-7H2,1H3. The first kappa shape index (κ1) is 7.59. The summed E-state index contributed by atoms with van der Waals surface area (Å²) in [6.07, 6.45) is 4.82. The third-order valence-electron chi connectivity index (χ3n) is 2.23. The Hall–Kier alpha value is -0.520. The molecule has 0 atom stereocenters. The summed E-state index contributed by atoms with van der Waals surface area (Å²) in [5.74, 6) is 0.841. The van der Waals surface area contributed by atoms with Gasteiger partial charge in [0.05, 0.1) is 0 Å². The lowest BCUT2D eigenvalue weighted by atomic mass is 9.82. The molecule has 0 spiro atoms. The van der Waals surface area contributed by atoms with Crippen LogP contribution < -0.4 is 0 Å². The fourth-order valence-corrected chi connectivity index (χ4v) is 1.68. The van der Waals surface area contributed by atoms with Gasteiger partial charge in [0.25, 0.3) is 0 Å². The Labute approximate surface area is 63.6 Å². The van der Waals surface area contributed by atoms with Crippen molar-refractivity contribution in [3.05, 3.63) is 24.3 Å². The van der Waals surface area contributed by atoms with Crippen LogP contribution in [0.4, 0.5) is 0 Å². The lowest BCUT2D eigenvalue weighted by Crippen LogP contribution is -2.08. The summed E-state index contributed by atoms with van der Waals surface area (Å²) in [6, 6.07) is 0. The molecule has 0 N–H and O–H groups in total. The Kier molecular flexibility index (Phi) is 2.31. The van der Waals surface area contributed by atoms with Gasteiger partial charge in [0.1, 0.15) is 0 Å². The predicted octanol–water partition coefficient (Wildman–Crippen LogP) is 3.31. The first-order valence-electron chi connectivity index (χ1n) is 4.05. The van der Waals surface area contributed by atoms with E-state index in [4.69, 9.17) is 0 Å². The van der Waals surface area contributed by atoms with Gasteiger partial charge in [-0.05, 0) is 25.2 Å². The molecule has 0 aliphatic heterocycles. The third kappa shape index (κ3) is 1.73. The molecule has 0 radical (unpaired) electrons. The van der Waals surface area contributed by atoms with Crippen LogP contribution >= 0.6 is 0 Å². The Balaban J connectivity index is 2.50. The minimum atomic E-state index is 0.841. The van der Waals surface area contributed by atoms with E-state index in [0.29, 0.717) is 0 Å². The summed E-state index contributed by atoms with van der Waals surface area (Å²) < 4.78 is 0. The fraction of sp³-hybridized carbons (Fsp3) is 0.600. The maximum absolute atomic E-state index is 4.00. The molecule has 1 saturated carbocycles. The zero-order valence-electron chi connectivity index (χ0n) is 6.82. The molecule has 0 heteroatoms. The van der Waals surface area contributed by atoms with E-state index >= 15 is 0 Å². The maximum Gasteiger partial charge on any atom is -0.0114 e. The van der Waals surface area contributed by atoms with Crippen molar-refractivity contribution < 1.29 is 0 Å². The van der Waals surface area contributed by atoms with Crippen LogP contribution in [-0.4, -0.2) is 0 Å². The smallest absolute Gasteiger partial charge is 0.0114 e. The fourth-order valence-electron chi connectivity index (χ4n) is 1.68. The van der Waals surface area contributed by atoms with E-state index in [1.54, 1.807) is 0 Å². The molecule has 0 aromatic rings. The summed E-state index contributed by atoms with van der Waals surface area (Å²) in [6.45, 7) is 10.3. The van der Waals surface area contributed by atoms with Gasteiger partial charge in [-0.2, -0.15) is 0 Å². The SMILES string of the molecule is C=C1CC(=C)CC(CC)C1. The van der Waals surface area contributed by atoms with Crippen molar-refractivity contribution in [3.63, 3.8) is 0 Å². The zero-order chi connectivity index (χ0) is 7.56.